The van der Waals surface area contributed by atoms with E-state index >= 15 is 13.2 Å². The summed E-state index contributed by atoms with van der Waals surface area (Å²) in [6.07, 6.45) is 8.98. The molecule has 3 aromatic rings. The highest BCUT2D eigenvalue weighted by molar-refractivity contribution is 5.87. The molecule has 4 aliphatic rings. The third kappa shape index (κ3) is 5.83. The van der Waals surface area contributed by atoms with Crippen molar-refractivity contribution in [3.63, 3.8) is 0 Å². The van der Waals surface area contributed by atoms with Crippen LogP contribution < -0.4 is 10.9 Å². The number of rotatable bonds is 1. The summed E-state index contributed by atoms with van der Waals surface area (Å²) in [5.74, 6) is -3.01. The number of ether oxygens (including phenoxy) is 1. The van der Waals surface area contributed by atoms with Gasteiger partial charge in [-0.2, -0.15) is 5.26 Å². The van der Waals surface area contributed by atoms with Crippen LogP contribution in [0.15, 0.2) is 35.4 Å². The minimum absolute atomic E-state index is 0.106. The van der Waals surface area contributed by atoms with Gasteiger partial charge in [-0.25, -0.2) is 23.1 Å². The van der Waals surface area contributed by atoms with Crippen LogP contribution in [0.25, 0.3) is 11.0 Å². The van der Waals surface area contributed by atoms with Crippen molar-refractivity contribution >= 4 is 16.9 Å². The van der Waals surface area contributed by atoms with E-state index in [9.17, 15) is 10.1 Å². The van der Waals surface area contributed by atoms with Gasteiger partial charge in [0, 0.05) is 37.3 Å². The normalized spacial score (nSPS) is 25.7. The van der Waals surface area contributed by atoms with Crippen LogP contribution in [-0.2, 0) is 22.6 Å². The molecular formula is C34H40F3N5O2. The second-order valence-electron chi connectivity index (χ2n) is 13.0. The van der Waals surface area contributed by atoms with Gasteiger partial charge in [-0.05, 0) is 63.4 Å². The monoisotopic (exact) mass is 607 g/mol. The Labute approximate surface area is 255 Å². The molecule has 1 saturated carbocycles. The number of aromatic nitrogens is 3. The quantitative estimate of drug-likeness (QED) is 0.307. The van der Waals surface area contributed by atoms with Gasteiger partial charge in [0.1, 0.15) is 23.6 Å². The summed E-state index contributed by atoms with van der Waals surface area (Å²) in [6, 6.07) is 7.57. The number of hydrogen-bond donors (Lipinski definition) is 1. The van der Waals surface area contributed by atoms with Crippen LogP contribution in [0.4, 0.5) is 19.0 Å². The van der Waals surface area contributed by atoms with Crippen molar-refractivity contribution in [2.75, 3.05) is 18.5 Å². The highest BCUT2D eigenvalue weighted by Crippen LogP contribution is 2.44. The summed E-state index contributed by atoms with van der Waals surface area (Å²) in [5.41, 5.74) is -0.913. The number of fused-ring (bicyclic) bond motifs is 8. The van der Waals surface area contributed by atoms with Crippen LogP contribution in [-0.4, -0.2) is 27.7 Å². The molecule has 3 aliphatic heterocycles. The Morgan fingerprint density at radius 1 is 1.02 bits per heavy atom. The number of benzene rings is 1. The highest BCUT2D eigenvalue weighted by atomic mass is 19.3. The van der Waals surface area contributed by atoms with Gasteiger partial charge in [0.15, 0.2) is 0 Å². The smallest absolute Gasteiger partial charge is 0.276 e. The van der Waals surface area contributed by atoms with Crippen molar-refractivity contribution in [2.45, 2.75) is 101 Å². The minimum atomic E-state index is -3.27. The van der Waals surface area contributed by atoms with Crippen molar-refractivity contribution in [2.24, 2.45) is 11.8 Å². The first-order valence-corrected chi connectivity index (χ1v) is 16.0. The van der Waals surface area contributed by atoms with Gasteiger partial charge in [-0.3, -0.25) is 9.36 Å². The molecule has 234 valence electrons. The maximum absolute atomic E-state index is 15.8. The summed E-state index contributed by atoms with van der Waals surface area (Å²) in [6.45, 7) is 2.90. The van der Waals surface area contributed by atoms with E-state index in [1.165, 1.54) is 24.5 Å². The van der Waals surface area contributed by atoms with Crippen molar-refractivity contribution in [3.8, 4) is 6.07 Å². The average Bonchev–Trinajstić information content (AvgIpc) is 3.00. The van der Waals surface area contributed by atoms with Gasteiger partial charge in [-0.1, -0.05) is 43.9 Å². The fourth-order valence-corrected chi connectivity index (χ4v) is 7.38. The molecule has 1 atom stereocenters. The fourth-order valence-electron chi connectivity index (χ4n) is 7.38. The van der Waals surface area contributed by atoms with Gasteiger partial charge < -0.3 is 10.1 Å². The molecule has 0 unspecified atom stereocenters. The van der Waals surface area contributed by atoms with Gasteiger partial charge in [0.25, 0.3) is 11.5 Å². The lowest BCUT2D eigenvalue weighted by Crippen LogP contribution is -2.39. The Kier molecular flexibility index (Phi) is 8.69. The SMILES string of the molecule is C[C@H]1Nc2ncnc3c2cc(C2(C#N)CCOCC2)c(=O)n3CCCCCCC2CC(CCC(F)(F)c3cccc1c3F)C2. The van der Waals surface area contributed by atoms with Crippen LogP contribution >= 0.6 is 0 Å². The first-order chi connectivity index (χ1) is 21.2. The van der Waals surface area contributed by atoms with E-state index in [0.29, 0.717) is 67.4 Å². The Balaban J connectivity index is 1.43. The number of hydrogen-bond acceptors (Lipinski definition) is 6. The Hall–Kier alpha value is -3.45. The Bertz CT molecular complexity index is 1600. The van der Waals surface area contributed by atoms with Crippen molar-refractivity contribution < 1.29 is 17.9 Å². The van der Waals surface area contributed by atoms with Crippen LogP contribution in [0.2, 0.25) is 0 Å². The van der Waals surface area contributed by atoms with Crippen molar-refractivity contribution in [1.82, 2.24) is 14.5 Å². The molecule has 7 nitrogen and oxygen atoms in total. The number of nitriles is 1. The predicted molar refractivity (Wildman–Crippen MR) is 162 cm³/mol. The number of nitrogens with zero attached hydrogens (tertiary/aromatic N) is 4. The van der Waals surface area contributed by atoms with Gasteiger partial charge in [0.2, 0.25) is 0 Å². The van der Waals surface area contributed by atoms with E-state index in [-0.39, 0.29) is 23.5 Å². The van der Waals surface area contributed by atoms with Crippen LogP contribution in [0, 0.1) is 29.0 Å². The molecule has 0 spiro atoms. The number of alkyl halides is 2. The first kappa shape index (κ1) is 30.6. The van der Waals surface area contributed by atoms with Crippen molar-refractivity contribution in [3.05, 3.63) is 63.5 Å². The molecule has 2 fully saturated rings. The molecule has 1 aromatic carbocycles. The number of anilines is 1. The zero-order chi connectivity index (χ0) is 30.9. The Morgan fingerprint density at radius 3 is 2.55 bits per heavy atom. The van der Waals surface area contributed by atoms with Gasteiger partial charge >= 0.3 is 0 Å². The van der Waals surface area contributed by atoms with Gasteiger partial charge in [-0.15, -0.1) is 0 Å². The molecule has 5 heterocycles. The molecule has 44 heavy (non-hydrogen) atoms. The third-order valence-electron chi connectivity index (χ3n) is 10.1. The largest absolute Gasteiger partial charge is 0.381 e. The van der Waals surface area contributed by atoms with Gasteiger partial charge in [0.05, 0.1) is 28.5 Å². The second-order valence-corrected chi connectivity index (χ2v) is 13.0. The summed E-state index contributed by atoms with van der Waals surface area (Å²) in [4.78, 5) is 23.0. The predicted octanol–water partition coefficient (Wildman–Crippen LogP) is 7.54. The highest BCUT2D eigenvalue weighted by Gasteiger charge is 2.40. The second kappa shape index (κ2) is 12.5. The summed E-state index contributed by atoms with van der Waals surface area (Å²) >= 11 is 0. The molecule has 1 aliphatic carbocycles. The molecule has 10 heteroatoms. The van der Waals surface area contributed by atoms with E-state index < -0.39 is 28.8 Å². The van der Waals surface area contributed by atoms with E-state index in [1.54, 1.807) is 17.6 Å². The summed E-state index contributed by atoms with van der Waals surface area (Å²) in [5, 5.41) is 14.1. The number of aryl methyl sites for hydroxylation is 1. The number of pyridine rings is 1. The molecule has 2 aromatic heterocycles. The van der Waals surface area contributed by atoms with E-state index in [2.05, 4.69) is 21.4 Å². The summed E-state index contributed by atoms with van der Waals surface area (Å²) in [7, 11) is 0. The third-order valence-corrected chi connectivity index (χ3v) is 10.1. The standard InChI is InChI=1S/C34H40F3N5O2/c1-22-25-8-6-9-27(29(25)35)34(36,37)11-10-24-17-23(18-24)7-4-2-3-5-14-42-31-26(30(41-22)39-21-40-31)19-28(32(42)43)33(20-38)12-15-44-16-13-33/h6,8-9,19,21-24H,2-5,7,10-18H2,1H3,(H,39,40,41)/t22-,23?,24?/m1/s1. The molecule has 0 radical (unpaired) electrons. The van der Waals surface area contributed by atoms with E-state index in [0.717, 1.165) is 44.9 Å². The number of nitrogens with one attached hydrogen (secondary N) is 1. The van der Waals surface area contributed by atoms with E-state index in [4.69, 9.17) is 4.74 Å². The first-order valence-electron chi connectivity index (χ1n) is 16.0. The van der Waals surface area contributed by atoms with Crippen LogP contribution in [0.3, 0.4) is 0 Å². The lowest BCUT2D eigenvalue weighted by atomic mass is 9.70. The maximum atomic E-state index is 15.8. The molecule has 8 bridgehead atoms. The fraction of sp³-hybridized carbons (Fsp3) is 0.588. The molecule has 7 rings (SSSR count). The minimum Gasteiger partial charge on any atom is -0.381 e. The molecule has 0 amide bonds. The van der Waals surface area contributed by atoms with Crippen LogP contribution in [0.5, 0.6) is 0 Å². The van der Waals surface area contributed by atoms with Crippen molar-refractivity contribution in [1.29, 1.82) is 5.26 Å². The lowest BCUT2D eigenvalue weighted by Gasteiger charge is -2.36. The Morgan fingerprint density at radius 2 is 1.77 bits per heavy atom. The summed E-state index contributed by atoms with van der Waals surface area (Å²) < 4.78 is 53.8. The molecule has 1 saturated heterocycles. The zero-order valence-corrected chi connectivity index (χ0v) is 25.3. The van der Waals surface area contributed by atoms with Crippen LogP contribution in [0.1, 0.15) is 100 Å². The maximum Gasteiger partial charge on any atom is 0.276 e. The molecule has 1 N–H and O–H groups in total. The number of halogens is 3. The zero-order valence-electron chi connectivity index (χ0n) is 25.3. The average molecular weight is 608 g/mol. The van der Waals surface area contributed by atoms with E-state index in [1.807, 2.05) is 0 Å². The lowest BCUT2D eigenvalue weighted by molar-refractivity contribution is -0.0288. The molecular weight excluding hydrogens is 567 g/mol. The topological polar surface area (TPSA) is 92.8 Å².